The van der Waals surface area contributed by atoms with E-state index in [1.165, 1.54) is 0 Å². The van der Waals surface area contributed by atoms with Gasteiger partial charge < -0.3 is 14.8 Å². The number of nitrogens with one attached hydrogen (secondary N) is 1. The van der Waals surface area contributed by atoms with E-state index in [1.54, 1.807) is 18.1 Å². The number of carbonyl (C=O) groups excluding carboxylic acids is 1. The molecule has 0 spiro atoms. The van der Waals surface area contributed by atoms with E-state index in [2.05, 4.69) is 26.1 Å². The minimum Gasteiger partial charge on any atom is -0.493 e. The summed E-state index contributed by atoms with van der Waals surface area (Å²) in [5, 5.41) is 3.45. The average molecular weight is 362 g/mol. The van der Waals surface area contributed by atoms with Crippen LogP contribution in [0.2, 0.25) is 0 Å². The van der Waals surface area contributed by atoms with Crippen LogP contribution in [0.5, 0.6) is 11.5 Å². The molecule has 1 saturated heterocycles. The van der Waals surface area contributed by atoms with Gasteiger partial charge in [0.15, 0.2) is 16.6 Å². The van der Waals surface area contributed by atoms with Crippen molar-refractivity contribution >= 4 is 29.3 Å². The molecule has 6 heteroatoms. The van der Waals surface area contributed by atoms with E-state index in [9.17, 15) is 4.79 Å². The van der Waals surface area contributed by atoms with Crippen LogP contribution in [0.3, 0.4) is 0 Å². The molecule has 1 aromatic rings. The summed E-state index contributed by atoms with van der Waals surface area (Å²) in [6.45, 7) is 7.50. The summed E-state index contributed by atoms with van der Waals surface area (Å²) >= 11 is 5.27. The lowest BCUT2D eigenvalue weighted by atomic mass is 10.1. The summed E-state index contributed by atoms with van der Waals surface area (Å²) in [7, 11) is 1.61. The van der Waals surface area contributed by atoms with E-state index in [0.29, 0.717) is 41.4 Å². The maximum atomic E-state index is 12.5. The van der Waals surface area contributed by atoms with E-state index >= 15 is 0 Å². The molecule has 1 N–H and O–H groups in total. The summed E-state index contributed by atoms with van der Waals surface area (Å²) in [6, 6.07) is 5.63. The van der Waals surface area contributed by atoms with Crippen LogP contribution in [0.4, 0.5) is 0 Å². The zero-order chi connectivity index (χ0) is 18.4. The molecule has 25 heavy (non-hydrogen) atoms. The Kier molecular flexibility index (Phi) is 6.82. The molecule has 0 atom stereocenters. The molecule has 0 unspecified atom stereocenters. The zero-order valence-corrected chi connectivity index (χ0v) is 16.1. The van der Waals surface area contributed by atoms with E-state index in [4.69, 9.17) is 21.7 Å². The monoisotopic (exact) mass is 362 g/mol. The Morgan fingerprint density at radius 3 is 2.72 bits per heavy atom. The lowest BCUT2D eigenvalue weighted by Gasteiger charge is -2.16. The van der Waals surface area contributed by atoms with Crippen LogP contribution in [-0.2, 0) is 4.79 Å². The average Bonchev–Trinajstić information content (AvgIpc) is 2.83. The third-order valence-electron chi connectivity index (χ3n) is 3.76. The van der Waals surface area contributed by atoms with E-state index < -0.39 is 0 Å². The Balaban J connectivity index is 2.17. The molecule has 1 fully saturated rings. The third kappa shape index (κ3) is 4.95. The number of nitrogens with zero attached hydrogens (tertiary/aromatic N) is 1. The number of ether oxygens (including phenoxy) is 2. The van der Waals surface area contributed by atoms with Gasteiger partial charge in [0.1, 0.15) is 5.70 Å². The highest BCUT2D eigenvalue weighted by Crippen LogP contribution is 2.29. The summed E-state index contributed by atoms with van der Waals surface area (Å²) in [5.41, 5.74) is 1.33. The molecule has 1 aromatic carbocycles. The van der Waals surface area contributed by atoms with Gasteiger partial charge in [-0.1, -0.05) is 33.3 Å². The maximum absolute atomic E-state index is 12.5. The summed E-state index contributed by atoms with van der Waals surface area (Å²) in [6.07, 6.45) is 3.86. The molecule has 1 heterocycles. The molecular formula is C19H26N2O3S. The quantitative estimate of drug-likeness (QED) is 0.435. The Hall–Kier alpha value is -2.08. The molecule has 0 saturated carbocycles. The van der Waals surface area contributed by atoms with Gasteiger partial charge in [-0.25, -0.2) is 0 Å². The number of methoxy groups -OCH3 is 1. The van der Waals surface area contributed by atoms with Crippen molar-refractivity contribution in [1.29, 1.82) is 0 Å². The molecule has 1 aliphatic heterocycles. The fourth-order valence-corrected chi connectivity index (χ4v) is 2.76. The lowest BCUT2D eigenvalue weighted by molar-refractivity contribution is -0.122. The number of thiocarbonyl (C=S) groups is 1. The molecule has 2 rings (SSSR count). The minimum absolute atomic E-state index is 0.0964. The van der Waals surface area contributed by atoms with Crippen molar-refractivity contribution in [3.05, 3.63) is 29.5 Å². The Morgan fingerprint density at radius 2 is 2.08 bits per heavy atom. The highest BCUT2D eigenvalue weighted by atomic mass is 32.1. The van der Waals surface area contributed by atoms with Crippen LogP contribution in [0, 0.1) is 5.92 Å². The Labute approximate surface area is 155 Å². The highest BCUT2D eigenvalue weighted by molar-refractivity contribution is 7.80. The number of hydrogen-bond acceptors (Lipinski definition) is 4. The second kappa shape index (κ2) is 8.85. The normalized spacial score (nSPS) is 15.9. The molecule has 136 valence electrons. The second-order valence-corrected chi connectivity index (χ2v) is 6.80. The smallest absolute Gasteiger partial charge is 0.276 e. The van der Waals surface area contributed by atoms with Crippen LogP contribution >= 0.6 is 12.2 Å². The molecule has 0 aliphatic carbocycles. The predicted octanol–water partition coefficient (Wildman–Crippen LogP) is 3.59. The molecule has 1 aliphatic rings. The summed E-state index contributed by atoms with van der Waals surface area (Å²) < 4.78 is 11.1. The van der Waals surface area contributed by atoms with Crippen LogP contribution in [0.1, 0.15) is 39.2 Å². The van der Waals surface area contributed by atoms with Crippen molar-refractivity contribution in [3.63, 3.8) is 0 Å². The standard InChI is InChI=1S/C19H26N2O3S/c1-5-6-9-24-16-8-7-14(11-17(16)23-4)10-15-18(22)21(12-13(2)3)19(25)20-15/h7-8,10-11,13H,5-6,9,12H2,1-4H3,(H,20,25)/b15-10-. The van der Waals surface area contributed by atoms with Crippen molar-refractivity contribution in [2.24, 2.45) is 5.92 Å². The minimum atomic E-state index is -0.0964. The highest BCUT2D eigenvalue weighted by Gasteiger charge is 2.30. The van der Waals surface area contributed by atoms with Gasteiger partial charge in [-0.2, -0.15) is 0 Å². The van der Waals surface area contributed by atoms with Gasteiger partial charge in [-0.05, 0) is 48.3 Å². The second-order valence-electron chi connectivity index (χ2n) is 6.41. The van der Waals surface area contributed by atoms with Crippen LogP contribution in [-0.4, -0.2) is 36.2 Å². The van der Waals surface area contributed by atoms with Gasteiger partial charge in [-0.3, -0.25) is 9.69 Å². The lowest BCUT2D eigenvalue weighted by Crippen LogP contribution is -2.33. The summed E-state index contributed by atoms with van der Waals surface area (Å²) in [4.78, 5) is 14.1. The summed E-state index contributed by atoms with van der Waals surface area (Å²) in [5.74, 6) is 1.61. The van der Waals surface area contributed by atoms with Crippen molar-refractivity contribution < 1.29 is 14.3 Å². The van der Waals surface area contributed by atoms with E-state index in [0.717, 1.165) is 18.4 Å². The Morgan fingerprint density at radius 1 is 1.32 bits per heavy atom. The first kappa shape index (κ1) is 19.2. The van der Waals surface area contributed by atoms with Crippen molar-refractivity contribution in [1.82, 2.24) is 10.2 Å². The Bertz CT molecular complexity index is 671. The first-order valence-corrected chi connectivity index (χ1v) is 9.02. The fraction of sp³-hybridized carbons (Fsp3) is 0.474. The fourth-order valence-electron chi connectivity index (χ4n) is 2.49. The van der Waals surface area contributed by atoms with Crippen LogP contribution in [0.15, 0.2) is 23.9 Å². The van der Waals surface area contributed by atoms with Gasteiger partial charge in [0.2, 0.25) is 0 Å². The topological polar surface area (TPSA) is 50.8 Å². The van der Waals surface area contributed by atoms with E-state index in [1.807, 2.05) is 18.2 Å². The molecule has 0 radical (unpaired) electrons. The number of amides is 1. The molecule has 0 aromatic heterocycles. The number of unbranched alkanes of at least 4 members (excludes halogenated alkanes) is 1. The number of carbonyl (C=O) groups is 1. The molecule has 1 amide bonds. The molecule has 5 nitrogen and oxygen atoms in total. The SMILES string of the molecule is CCCCOc1ccc(/C=C2\NC(=S)N(CC(C)C)C2=O)cc1OC. The number of rotatable bonds is 8. The van der Waals surface area contributed by atoms with Gasteiger partial charge >= 0.3 is 0 Å². The van der Waals surface area contributed by atoms with Crippen molar-refractivity contribution in [2.45, 2.75) is 33.6 Å². The van der Waals surface area contributed by atoms with Crippen LogP contribution < -0.4 is 14.8 Å². The van der Waals surface area contributed by atoms with E-state index in [-0.39, 0.29) is 5.91 Å². The van der Waals surface area contributed by atoms with Gasteiger partial charge in [0.05, 0.1) is 13.7 Å². The van der Waals surface area contributed by atoms with Crippen molar-refractivity contribution in [2.75, 3.05) is 20.3 Å². The predicted molar refractivity (Wildman–Crippen MR) is 104 cm³/mol. The first-order valence-electron chi connectivity index (χ1n) is 8.61. The van der Waals surface area contributed by atoms with Gasteiger partial charge in [-0.15, -0.1) is 0 Å². The first-order chi connectivity index (χ1) is 12.0. The maximum Gasteiger partial charge on any atom is 0.276 e. The van der Waals surface area contributed by atoms with Crippen molar-refractivity contribution in [3.8, 4) is 11.5 Å². The zero-order valence-electron chi connectivity index (χ0n) is 15.3. The number of hydrogen-bond donors (Lipinski definition) is 1. The van der Waals surface area contributed by atoms with Gasteiger partial charge in [0.25, 0.3) is 5.91 Å². The molecule has 0 bridgehead atoms. The van der Waals surface area contributed by atoms with Gasteiger partial charge in [0, 0.05) is 6.54 Å². The van der Waals surface area contributed by atoms with Crippen LogP contribution in [0.25, 0.3) is 6.08 Å². The number of benzene rings is 1. The molecular weight excluding hydrogens is 336 g/mol. The largest absolute Gasteiger partial charge is 0.493 e. The third-order valence-corrected chi connectivity index (χ3v) is 4.09.